The molecule has 0 spiro atoms. The molecule has 8 nitrogen and oxygen atoms in total. The van der Waals surface area contributed by atoms with Crippen LogP contribution >= 0.6 is 11.6 Å². The fraction of sp³-hybridized carbons (Fsp3) is 0.222. The summed E-state index contributed by atoms with van der Waals surface area (Å²) >= 11 is 6.16. The number of hydrogen-bond acceptors (Lipinski definition) is 5. The third-order valence-electron chi connectivity index (χ3n) is 5.28. The molecule has 0 aliphatic rings. The van der Waals surface area contributed by atoms with Gasteiger partial charge in [-0.2, -0.15) is 5.10 Å². The molecule has 0 aliphatic carbocycles. The summed E-state index contributed by atoms with van der Waals surface area (Å²) in [5, 5.41) is 19.2. The van der Waals surface area contributed by atoms with Crippen molar-refractivity contribution in [3.8, 4) is 5.69 Å². The van der Waals surface area contributed by atoms with Crippen LogP contribution in [0.3, 0.4) is 0 Å². The average Bonchev–Trinajstić information content (AvgIpc) is 3.29. The number of amides is 2. The summed E-state index contributed by atoms with van der Waals surface area (Å²) in [7, 11) is 0. The summed E-state index contributed by atoms with van der Waals surface area (Å²) in [6, 6.07) is 10.6. The van der Waals surface area contributed by atoms with Crippen LogP contribution < -0.4 is 16.4 Å². The molecule has 1 heterocycles. The summed E-state index contributed by atoms with van der Waals surface area (Å²) < 4.78 is 30.3. The van der Waals surface area contributed by atoms with Gasteiger partial charge in [0.2, 0.25) is 0 Å². The number of nitrogens with zero attached hydrogens (tertiary/aromatic N) is 2. The van der Waals surface area contributed by atoms with Crippen LogP contribution in [0.5, 0.6) is 0 Å². The zero-order valence-corrected chi connectivity index (χ0v) is 21.8. The number of halogens is 3. The van der Waals surface area contributed by atoms with Gasteiger partial charge in [0.25, 0.3) is 11.8 Å². The average molecular weight is 544 g/mol. The first kappa shape index (κ1) is 28.7. The third-order valence-corrected chi connectivity index (χ3v) is 5.59. The van der Waals surface area contributed by atoms with Crippen molar-refractivity contribution in [2.45, 2.75) is 32.4 Å². The van der Waals surface area contributed by atoms with Crippen molar-refractivity contribution in [1.82, 2.24) is 15.1 Å². The predicted molar refractivity (Wildman–Crippen MR) is 142 cm³/mol. The van der Waals surface area contributed by atoms with Crippen LogP contribution in [0.15, 0.2) is 72.6 Å². The minimum absolute atomic E-state index is 0.0288. The Morgan fingerprint density at radius 3 is 2.53 bits per heavy atom. The number of carbonyl (C=O) groups is 2. The van der Waals surface area contributed by atoms with E-state index in [9.17, 15) is 23.5 Å². The lowest BCUT2D eigenvalue weighted by Crippen LogP contribution is -2.38. The smallest absolute Gasteiger partial charge is 0.271 e. The van der Waals surface area contributed by atoms with Crippen LogP contribution in [0.25, 0.3) is 5.69 Å². The van der Waals surface area contributed by atoms with Gasteiger partial charge in [-0.05, 0) is 51.1 Å². The number of anilines is 1. The Balaban J connectivity index is 1.97. The Kier molecular flexibility index (Phi) is 9.16. The number of allylic oxidation sites excluding steroid dienone is 3. The Morgan fingerprint density at radius 2 is 1.89 bits per heavy atom. The standard InChI is InChI=1S/C27H28ClF2N5O3/c1-4-5-11-20(29)24(31)18-12-17(19(28)13-21(18)30)25(36)33-23-14-22(26(37)32-15-27(2,3)38)34-35(23)16-9-7-6-8-10-16/h4-14,24,38H,15,31H2,1-3H3,(H,32,37)(H,33,36). The number of benzene rings is 2. The highest BCUT2D eigenvalue weighted by Gasteiger charge is 2.24. The molecule has 5 N–H and O–H groups in total. The number of hydrogen-bond donors (Lipinski definition) is 4. The molecule has 0 bridgehead atoms. The van der Waals surface area contributed by atoms with Gasteiger partial charge in [0.15, 0.2) is 5.69 Å². The largest absolute Gasteiger partial charge is 0.389 e. The molecule has 11 heteroatoms. The van der Waals surface area contributed by atoms with Gasteiger partial charge in [0, 0.05) is 18.2 Å². The van der Waals surface area contributed by atoms with Gasteiger partial charge in [-0.1, -0.05) is 42.0 Å². The maximum atomic E-state index is 14.6. The van der Waals surface area contributed by atoms with Gasteiger partial charge < -0.3 is 21.5 Å². The SMILES string of the molecule is CC=CC=C(F)C(N)c1cc(C(=O)Nc2cc(C(=O)NCC(C)(C)O)nn2-c2ccccc2)c(Cl)cc1F. The van der Waals surface area contributed by atoms with Crippen molar-refractivity contribution < 1.29 is 23.5 Å². The van der Waals surface area contributed by atoms with E-state index in [-0.39, 0.29) is 34.2 Å². The number of carbonyl (C=O) groups excluding carboxylic acids is 2. The van der Waals surface area contributed by atoms with E-state index in [1.807, 2.05) is 0 Å². The molecule has 2 aromatic carbocycles. The Labute approximate surface area is 223 Å². The highest BCUT2D eigenvalue weighted by atomic mass is 35.5. The zero-order valence-electron chi connectivity index (χ0n) is 21.0. The second kappa shape index (κ2) is 12.1. The minimum atomic E-state index is -1.46. The van der Waals surface area contributed by atoms with Crippen molar-refractivity contribution in [1.29, 1.82) is 0 Å². The van der Waals surface area contributed by atoms with E-state index in [0.29, 0.717) is 5.69 Å². The van der Waals surface area contributed by atoms with Crippen molar-refractivity contribution in [2.24, 2.45) is 5.73 Å². The van der Waals surface area contributed by atoms with E-state index in [4.69, 9.17) is 17.3 Å². The Morgan fingerprint density at radius 1 is 1.21 bits per heavy atom. The first-order valence-electron chi connectivity index (χ1n) is 11.6. The van der Waals surface area contributed by atoms with E-state index in [1.165, 1.54) is 30.7 Å². The molecule has 1 atom stereocenters. The van der Waals surface area contributed by atoms with E-state index < -0.39 is 35.1 Å². The maximum Gasteiger partial charge on any atom is 0.271 e. The molecule has 0 saturated heterocycles. The Bertz CT molecular complexity index is 1380. The van der Waals surface area contributed by atoms with E-state index in [2.05, 4.69) is 15.7 Å². The van der Waals surface area contributed by atoms with Crippen LogP contribution in [0.1, 0.15) is 53.2 Å². The van der Waals surface area contributed by atoms with Gasteiger partial charge >= 0.3 is 0 Å². The van der Waals surface area contributed by atoms with Crippen LogP contribution in [-0.2, 0) is 0 Å². The van der Waals surface area contributed by atoms with E-state index in [0.717, 1.165) is 18.2 Å². The number of rotatable bonds is 9. The summed E-state index contributed by atoms with van der Waals surface area (Å²) in [5.41, 5.74) is 4.82. The van der Waals surface area contributed by atoms with Crippen molar-refractivity contribution in [2.75, 3.05) is 11.9 Å². The maximum absolute atomic E-state index is 14.6. The molecule has 0 saturated carbocycles. The molecule has 1 aromatic heterocycles. The summed E-state index contributed by atoms with van der Waals surface area (Å²) in [4.78, 5) is 25.9. The van der Waals surface area contributed by atoms with E-state index in [1.54, 1.807) is 43.3 Å². The van der Waals surface area contributed by atoms with Crippen LogP contribution in [-0.4, -0.2) is 38.8 Å². The summed E-state index contributed by atoms with van der Waals surface area (Å²) in [6.45, 7) is 4.73. The molecule has 2 amide bonds. The molecule has 200 valence electrons. The number of nitrogens with two attached hydrogens (primary N) is 1. The summed E-state index contributed by atoms with van der Waals surface area (Å²) in [6.07, 6.45) is 4.09. The van der Waals surface area contributed by atoms with Crippen LogP contribution in [0, 0.1) is 5.82 Å². The monoisotopic (exact) mass is 543 g/mol. The molecule has 0 fully saturated rings. The van der Waals surface area contributed by atoms with E-state index >= 15 is 0 Å². The second-order valence-electron chi connectivity index (χ2n) is 9.02. The lowest BCUT2D eigenvalue weighted by Gasteiger charge is -2.16. The fourth-order valence-corrected chi connectivity index (χ4v) is 3.57. The highest BCUT2D eigenvalue weighted by Crippen LogP contribution is 2.29. The first-order chi connectivity index (χ1) is 17.9. The zero-order chi connectivity index (χ0) is 28.0. The first-order valence-corrected chi connectivity index (χ1v) is 12.0. The molecule has 3 aromatic rings. The molecular weight excluding hydrogens is 516 g/mol. The molecule has 0 radical (unpaired) electrons. The number of para-hydroxylation sites is 1. The van der Waals surface area contributed by atoms with Gasteiger partial charge in [-0.25, -0.2) is 13.5 Å². The fourth-order valence-electron chi connectivity index (χ4n) is 3.34. The van der Waals surface area contributed by atoms with Gasteiger partial charge in [0.1, 0.15) is 17.5 Å². The van der Waals surface area contributed by atoms with Gasteiger partial charge in [-0.15, -0.1) is 0 Å². The molecular formula is C27H28ClF2N5O3. The second-order valence-corrected chi connectivity index (χ2v) is 9.43. The van der Waals surface area contributed by atoms with Crippen LogP contribution in [0.4, 0.5) is 14.6 Å². The normalized spacial score (nSPS) is 13.0. The molecule has 3 rings (SSSR count). The molecule has 38 heavy (non-hydrogen) atoms. The van der Waals surface area contributed by atoms with Crippen molar-refractivity contribution >= 4 is 29.2 Å². The minimum Gasteiger partial charge on any atom is -0.389 e. The highest BCUT2D eigenvalue weighted by molar-refractivity contribution is 6.34. The van der Waals surface area contributed by atoms with Crippen LogP contribution in [0.2, 0.25) is 5.02 Å². The topological polar surface area (TPSA) is 122 Å². The molecule has 0 aliphatic heterocycles. The third kappa shape index (κ3) is 7.12. The van der Waals surface area contributed by atoms with Gasteiger partial charge in [0.05, 0.1) is 27.9 Å². The lowest BCUT2D eigenvalue weighted by atomic mass is 10.0. The predicted octanol–water partition coefficient (Wildman–Crippen LogP) is 4.85. The van der Waals surface area contributed by atoms with Gasteiger partial charge in [-0.3, -0.25) is 9.59 Å². The van der Waals surface area contributed by atoms with Crippen molar-refractivity contribution in [3.63, 3.8) is 0 Å². The summed E-state index contributed by atoms with van der Waals surface area (Å²) in [5.74, 6) is -2.90. The Hall–Kier alpha value is -3.86. The quantitative estimate of drug-likeness (QED) is 0.287. The number of aromatic nitrogens is 2. The van der Waals surface area contributed by atoms with Crippen molar-refractivity contribution in [3.05, 3.63) is 100 Å². The number of aliphatic hydroxyl groups is 1. The lowest BCUT2D eigenvalue weighted by molar-refractivity contribution is 0.0691. The molecule has 1 unspecified atom stereocenters. The number of nitrogens with one attached hydrogen (secondary N) is 2.